The summed E-state index contributed by atoms with van der Waals surface area (Å²) < 4.78 is 44.5. The van der Waals surface area contributed by atoms with Crippen LogP contribution in [0.25, 0.3) is 0 Å². The van der Waals surface area contributed by atoms with Crippen LogP contribution in [0.1, 0.15) is 76.2 Å². The summed E-state index contributed by atoms with van der Waals surface area (Å²) in [7, 11) is 0. The number of aliphatic carboxylic acids is 1. The number of fused-ring (bicyclic) bond motifs is 10. The molecule has 9 rings (SSSR count). The molecule has 2 N–H and O–H groups in total. The number of carboxylic acids is 2. The van der Waals surface area contributed by atoms with Crippen LogP contribution in [0, 0.1) is 0 Å². The van der Waals surface area contributed by atoms with Crippen LogP contribution in [-0.2, 0) is 49.4 Å². The van der Waals surface area contributed by atoms with E-state index in [1.54, 1.807) is 24.3 Å². The molecule has 0 aromatic heterocycles. The Balaban J connectivity index is 0.000000184. The highest BCUT2D eigenvalue weighted by atomic mass is 16.6. The van der Waals surface area contributed by atoms with Crippen molar-refractivity contribution in [3.63, 3.8) is 0 Å². The maximum atomic E-state index is 12.9. The van der Waals surface area contributed by atoms with Crippen LogP contribution in [-0.4, -0.2) is 58.0 Å². The Labute approximate surface area is 384 Å². The molecule has 18 heteroatoms. The highest BCUT2D eigenvalue weighted by Gasteiger charge is 2.54. The first-order valence-electron chi connectivity index (χ1n) is 20.2. The van der Waals surface area contributed by atoms with E-state index in [2.05, 4.69) is 0 Å². The van der Waals surface area contributed by atoms with Crippen LogP contribution in [0.5, 0.6) is 46.0 Å². The highest BCUT2D eigenvalue weighted by Crippen LogP contribution is 2.57. The molecule has 342 valence electrons. The van der Waals surface area contributed by atoms with E-state index in [1.165, 1.54) is 113 Å². The zero-order valence-electron chi connectivity index (χ0n) is 36.0. The fraction of sp³-hybridized carbons (Fsp3) is 0.120. The molecule has 0 radical (unpaired) electrons. The molecule has 68 heavy (non-hydrogen) atoms. The lowest BCUT2D eigenvalue weighted by atomic mass is 9.77. The van der Waals surface area contributed by atoms with E-state index < -0.39 is 59.0 Å². The van der Waals surface area contributed by atoms with Gasteiger partial charge in [0.2, 0.25) is 0 Å². The molecule has 4 heterocycles. The molecule has 0 bridgehead atoms. The van der Waals surface area contributed by atoms with Crippen LogP contribution in [0.2, 0.25) is 0 Å². The van der Waals surface area contributed by atoms with Crippen molar-refractivity contribution in [1.82, 2.24) is 0 Å². The Kier molecular flexibility index (Phi) is 11.7. The number of carboxylic acid groups (broad SMARTS) is 2. The van der Waals surface area contributed by atoms with Gasteiger partial charge in [-0.15, -0.1) is 0 Å². The molecule has 5 aromatic rings. The zero-order chi connectivity index (χ0) is 48.7. The second-order valence-electron chi connectivity index (χ2n) is 15.1. The number of esters is 6. The average Bonchev–Trinajstić information content (AvgIpc) is 3.58. The first-order valence-corrected chi connectivity index (χ1v) is 20.2. The summed E-state index contributed by atoms with van der Waals surface area (Å²) in [5.41, 5.74) is -1.06. The first kappa shape index (κ1) is 45.3. The first-order chi connectivity index (χ1) is 32.4. The van der Waals surface area contributed by atoms with Gasteiger partial charge in [0.15, 0.2) is 11.2 Å². The van der Waals surface area contributed by atoms with E-state index >= 15 is 0 Å². The molecule has 0 unspecified atom stereocenters. The summed E-state index contributed by atoms with van der Waals surface area (Å²) in [5.74, 6) is -4.29. The minimum Gasteiger partial charge on any atom is -0.478 e. The van der Waals surface area contributed by atoms with Crippen molar-refractivity contribution in [2.24, 2.45) is 0 Å². The fourth-order valence-corrected chi connectivity index (χ4v) is 7.94. The van der Waals surface area contributed by atoms with E-state index in [-0.39, 0.29) is 62.7 Å². The molecule has 4 aliphatic heterocycles. The fourth-order valence-electron chi connectivity index (χ4n) is 7.94. The Hall–Kier alpha value is -9.32. The third-order valence-corrected chi connectivity index (χ3v) is 10.5. The van der Waals surface area contributed by atoms with Crippen molar-refractivity contribution < 1.29 is 86.5 Å². The predicted molar refractivity (Wildman–Crippen MR) is 231 cm³/mol. The predicted octanol–water partition coefficient (Wildman–Crippen LogP) is 7.37. The standard InChI is InChI=1S/C25H16O9.C25H18O9/c1-12(26)31-15-4-7-18-21(10-15)33-22-11-16(32-13(2)27)5-8-19(22)25(18)20-9-14(23(28)29)3-6-17(20)24(30)34-25;1-14(26)31-17-6-8-19-21(12-17)33-22-13-18(32-15(2)27)7-9-20(22)25(19)11-3-4-16(24(29)30)5-10-23(28)34-25/h3-11H,1-2H3,(H,28,29);3-13H,1-2H3,(H,29,30). The Morgan fingerprint density at radius 3 is 1.37 bits per heavy atom. The summed E-state index contributed by atoms with van der Waals surface area (Å²) >= 11 is 0. The van der Waals surface area contributed by atoms with Gasteiger partial charge in [0.25, 0.3) is 0 Å². The summed E-state index contributed by atoms with van der Waals surface area (Å²) in [4.78, 5) is 94.5. The van der Waals surface area contributed by atoms with Gasteiger partial charge in [-0.2, -0.15) is 0 Å². The lowest BCUT2D eigenvalue weighted by Crippen LogP contribution is -2.34. The number of carbonyl (C=O) groups excluding carboxylic acids is 6. The van der Waals surface area contributed by atoms with Gasteiger partial charge in [0, 0.05) is 85.9 Å². The Morgan fingerprint density at radius 2 is 0.941 bits per heavy atom. The molecule has 0 saturated carbocycles. The smallest absolute Gasteiger partial charge is 0.340 e. The van der Waals surface area contributed by atoms with Gasteiger partial charge in [-0.25, -0.2) is 19.2 Å². The van der Waals surface area contributed by atoms with Crippen molar-refractivity contribution in [2.45, 2.75) is 38.9 Å². The third kappa shape index (κ3) is 8.51. The van der Waals surface area contributed by atoms with Crippen LogP contribution >= 0.6 is 0 Å². The molecule has 0 fully saturated rings. The van der Waals surface area contributed by atoms with E-state index in [0.29, 0.717) is 27.8 Å². The SMILES string of the molecule is CC(=O)Oc1ccc2c(c1)Oc1cc(OC(C)=O)ccc1C21C=CC=C(C(=O)O)C=CC(=O)O1.CC(=O)Oc1ccc2c(c1)Oc1cc(OC(C)=O)ccc1C21OC(=O)c2ccc(C(=O)O)cc21. The minimum absolute atomic E-state index is 0.0286. The third-order valence-electron chi connectivity index (χ3n) is 10.5. The molecular formula is C50H34O18. The monoisotopic (exact) mass is 922 g/mol. The maximum absolute atomic E-state index is 12.9. The van der Waals surface area contributed by atoms with Crippen LogP contribution in [0.4, 0.5) is 0 Å². The van der Waals surface area contributed by atoms with Crippen molar-refractivity contribution >= 4 is 47.8 Å². The normalized spacial score (nSPS) is 14.8. The molecule has 5 aromatic carbocycles. The van der Waals surface area contributed by atoms with E-state index in [1.807, 2.05) is 0 Å². The second kappa shape index (κ2) is 17.6. The van der Waals surface area contributed by atoms with Crippen molar-refractivity contribution in [1.29, 1.82) is 0 Å². The molecule has 2 spiro atoms. The zero-order valence-corrected chi connectivity index (χ0v) is 36.0. The average molecular weight is 923 g/mol. The van der Waals surface area contributed by atoms with Crippen LogP contribution in [0.15, 0.2) is 127 Å². The molecule has 0 saturated heterocycles. The largest absolute Gasteiger partial charge is 0.478 e. The highest BCUT2D eigenvalue weighted by molar-refractivity contribution is 5.99. The van der Waals surface area contributed by atoms with Gasteiger partial charge in [-0.3, -0.25) is 19.2 Å². The Morgan fingerprint density at radius 1 is 0.500 bits per heavy atom. The van der Waals surface area contributed by atoms with E-state index in [9.17, 15) is 48.6 Å². The van der Waals surface area contributed by atoms with E-state index in [0.717, 1.165) is 12.2 Å². The second-order valence-corrected chi connectivity index (χ2v) is 15.1. The van der Waals surface area contributed by atoms with Crippen molar-refractivity contribution in [3.8, 4) is 46.0 Å². The van der Waals surface area contributed by atoms with Gasteiger partial charge in [0.1, 0.15) is 46.0 Å². The molecule has 0 amide bonds. The van der Waals surface area contributed by atoms with Gasteiger partial charge >= 0.3 is 47.8 Å². The number of aromatic carboxylic acids is 1. The molecular weight excluding hydrogens is 889 g/mol. The number of rotatable bonds is 6. The number of carbonyl (C=O) groups is 8. The van der Waals surface area contributed by atoms with Crippen LogP contribution in [0.3, 0.4) is 0 Å². The number of hydrogen-bond donors (Lipinski definition) is 2. The molecule has 4 aliphatic rings. The topological polar surface area (TPSA) is 251 Å². The van der Waals surface area contributed by atoms with E-state index in [4.69, 9.17) is 37.9 Å². The molecule has 0 atom stereocenters. The summed E-state index contributed by atoms with van der Waals surface area (Å²) in [6.07, 6.45) is 6.48. The van der Waals surface area contributed by atoms with Gasteiger partial charge < -0.3 is 48.1 Å². The quantitative estimate of drug-likeness (QED) is 0.125. The molecule has 0 aliphatic carbocycles. The number of ether oxygens (including phenoxy) is 8. The lowest BCUT2D eigenvalue weighted by Gasteiger charge is -2.37. The number of allylic oxidation sites excluding steroid dienone is 2. The van der Waals surface area contributed by atoms with Gasteiger partial charge in [0.05, 0.1) is 16.7 Å². The summed E-state index contributed by atoms with van der Waals surface area (Å²) in [6, 6.07) is 22.4. The minimum atomic E-state index is -1.54. The Bertz CT molecular complexity index is 3020. The van der Waals surface area contributed by atoms with Gasteiger partial charge in [-0.05, 0) is 85.0 Å². The summed E-state index contributed by atoms with van der Waals surface area (Å²) in [5, 5.41) is 18.9. The molecule has 18 nitrogen and oxygen atoms in total. The maximum Gasteiger partial charge on any atom is 0.340 e. The number of benzene rings is 5. The number of hydrogen-bond acceptors (Lipinski definition) is 16. The lowest BCUT2D eigenvalue weighted by molar-refractivity contribution is -0.147. The van der Waals surface area contributed by atoms with Crippen molar-refractivity contribution in [3.05, 3.63) is 166 Å². The van der Waals surface area contributed by atoms with Crippen molar-refractivity contribution in [2.75, 3.05) is 0 Å². The summed E-state index contributed by atoms with van der Waals surface area (Å²) in [6.45, 7) is 5.02. The van der Waals surface area contributed by atoms with Crippen LogP contribution < -0.4 is 28.4 Å². The van der Waals surface area contributed by atoms with Gasteiger partial charge in [-0.1, -0.05) is 6.08 Å².